The van der Waals surface area contributed by atoms with Crippen LogP contribution in [-0.2, 0) is 6.61 Å². The second-order valence-corrected chi connectivity index (χ2v) is 3.35. The average Bonchev–Trinajstić information content (AvgIpc) is 2.71. The summed E-state index contributed by atoms with van der Waals surface area (Å²) < 4.78 is 5.05. The molecule has 2 heterocycles. The Hall–Kier alpha value is -0.940. The third-order valence-electron chi connectivity index (χ3n) is 2.43. The SMILES string of the molecule is CN1CCCC1c1nc(CO)no1. The fraction of sp³-hybridized carbons (Fsp3) is 0.750. The van der Waals surface area contributed by atoms with Gasteiger partial charge in [0, 0.05) is 0 Å². The maximum absolute atomic E-state index is 8.76. The number of aliphatic hydroxyl groups is 1. The van der Waals surface area contributed by atoms with Crippen molar-refractivity contribution in [2.75, 3.05) is 13.6 Å². The smallest absolute Gasteiger partial charge is 0.244 e. The summed E-state index contributed by atoms with van der Waals surface area (Å²) in [7, 11) is 2.04. The minimum atomic E-state index is -0.153. The molecule has 1 aromatic heterocycles. The molecule has 0 saturated carbocycles. The Morgan fingerprint density at radius 1 is 1.69 bits per heavy atom. The zero-order valence-electron chi connectivity index (χ0n) is 7.60. The minimum absolute atomic E-state index is 0.153. The lowest BCUT2D eigenvalue weighted by molar-refractivity contribution is 0.239. The van der Waals surface area contributed by atoms with Crippen LogP contribution >= 0.6 is 0 Å². The van der Waals surface area contributed by atoms with Gasteiger partial charge in [0.15, 0.2) is 5.82 Å². The van der Waals surface area contributed by atoms with Crippen LogP contribution < -0.4 is 0 Å². The predicted molar refractivity (Wildman–Crippen MR) is 44.8 cm³/mol. The molecule has 5 heteroatoms. The van der Waals surface area contributed by atoms with Crippen LogP contribution in [0.1, 0.15) is 30.6 Å². The first-order valence-corrected chi connectivity index (χ1v) is 4.45. The molecule has 1 saturated heterocycles. The number of likely N-dealkylation sites (tertiary alicyclic amines) is 1. The van der Waals surface area contributed by atoms with Crippen molar-refractivity contribution in [2.24, 2.45) is 0 Å². The highest BCUT2D eigenvalue weighted by Gasteiger charge is 2.27. The minimum Gasteiger partial charge on any atom is -0.388 e. The van der Waals surface area contributed by atoms with E-state index in [2.05, 4.69) is 15.0 Å². The predicted octanol–water partition coefficient (Wildman–Crippen LogP) is 0.329. The molecular weight excluding hydrogens is 170 g/mol. The standard InChI is InChI=1S/C8H13N3O2/c1-11-4-2-3-6(11)8-9-7(5-12)10-13-8/h6,12H,2-5H2,1H3. The van der Waals surface area contributed by atoms with Crippen molar-refractivity contribution in [3.05, 3.63) is 11.7 Å². The lowest BCUT2D eigenvalue weighted by atomic mass is 10.2. The molecule has 0 spiro atoms. The van der Waals surface area contributed by atoms with E-state index in [4.69, 9.17) is 9.63 Å². The molecule has 72 valence electrons. The molecule has 13 heavy (non-hydrogen) atoms. The van der Waals surface area contributed by atoms with E-state index < -0.39 is 0 Å². The third-order valence-corrected chi connectivity index (χ3v) is 2.43. The van der Waals surface area contributed by atoms with E-state index in [1.54, 1.807) is 0 Å². The molecule has 0 bridgehead atoms. The van der Waals surface area contributed by atoms with E-state index in [-0.39, 0.29) is 12.6 Å². The van der Waals surface area contributed by atoms with E-state index in [9.17, 15) is 0 Å². The van der Waals surface area contributed by atoms with E-state index in [1.807, 2.05) is 7.05 Å². The number of hydrogen-bond acceptors (Lipinski definition) is 5. The molecule has 0 radical (unpaired) electrons. The summed E-state index contributed by atoms with van der Waals surface area (Å²) in [5.74, 6) is 0.999. The molecule has 0 amide bonds. The highest BCUT2D eigenvalue weighted by atomic mass is 16.5. The lowest BCUT2D eigenvalue weighted by Crippen LogP contribution is -2.17. The van der Waals surface area contributed by atoms with Crippen molar-refractivity contribution in [1.82, 2.24) is 15.0 Å². The Morgan fingerprint density at radius 2 is 2.54 bits per heavy atom. The molecule has 1 aromatic rings. The van der Waals surface area contributed by atoms with Crippen molar-refractivity contribution < 1.29 is 9.63 Å². The van der Waals surface area contributed by atoms with Gasteiger partial charge in [0.05, 0.1) is 6.04 Å². The summed E-state index contributed by atoms with van der Waals surface area (Å²) >= 11 is 0. The number of hydrogen-bond donors (Lipinski definition) is 1. The Labute approximate surface area is 76.4 Å². The second kappa shape index (κ2) is 3.43. The van der Waals surface area contributed by atoms with Crippen molar-refractivity contribution in [2.45, 2.75) is 25.5 Å². The first-order valence-electron chi connectivity index (χ1n) is 4.45. The van der Waals surface area contributed by atoms with Crippen molar-refractivity contribution in [3.8, 4) is 0 Å². The first kappa shape index (κ1) is 8.65. The molecule has 1 fully saturated rings. The fourth-order valence-electron chi connectivity index (χ4n) is 1.69. The van der Waals surface area contributed by atoms with Gasteiger partial charge in [-0.2, -0.15) is 4.98 Å². The van der Waals surface area contributed by atoms with Crippen LogP contribution in [0.25, 0.3) is 0 Å². The zero-order valence-corrected chi connectivity index (χ0v) is 7.60. The van der Waals surface area contributed by atoms with Crippen LogP contribution in [0.3, 0.4) is 0 Å². The normalized spacial score (nSPS) is 24.0. The molecule has 1 aliphatic heterocycles. The maximum Gasteiger partial charge on any atom is 0.244 e. The largest absolute Gasteiger partial charge is 0.388 e. The third kappa shape index (κ3) is 1.57. The second-order valence-electron chi connectivity index (χ2n) is 3.35. The van der Waals surface area contributed by atoms with Crippen LogP contribution in [0.15, 0.2) is 4.52 Å². The van der Waals surface area contributed by atoms with Gasteiger partial charge in [-0.05, 0) is 26.4 Å². The number of rotatable bonds is 2. The number of aromatic nitrogens is 2. The number of nitrogens with zero attached hydrogens (tertiary/aromatic N) is 3. The van der Waals surface area contributed by atoms with E-state index >= 15 is 0 Å². The topological polar surface area (TPSA) is 62.4 Å². The molecule has 0 aliphatic carbocycles. The average molecular weight is 183 g/mol. The van der Waals surface area contributed by atoms with Crippen LogP contribution in [0.4, 0.5) is 0 Å². The molecule has 1 aliphatic rings. The van der Waals surface area contributed by atoms with Crippen LogP contribution in [0.2, 0.25) is 0 Å². The molecular formula is C8H13N3O2. The monoisotopic (exact) mass is 183 g/mol. The van der Waals surface area contributed by atoms with Crippen LogP contribution in [0, 0.1) is 0 Å². The molecule has 0 aromatic carbocycles. The summed E-state index contributed by atoms with van der Waals surface area (Å²) in [6, 6.07) is 0.243. The highest BCUT2D eigenvalue weighted by molar-refractivity contribution is 4.95. The summed E-state index contributed by atoms with van der Waals surface area (Å²) in [5, 5.41) is 12.4. The van der Waals surface area contributed by atoms with Gasteiger partial charge in [0.2, 0.25) is 5.89 Å². The summed E-state index contributed by atoms with van der Waals surface area (Å²) in [5.41, 5.74) is 0. The summed E-state index contributed by atoms with van der Waals surface area (Å²) in [6.07, 6.45) is 2.22. The molecule has 5 nitrogen and oxygen atoms in total. The van der Waals surface area contributed by atoms with Gasteiger partial charge in [0.1, 0.15) is 6.61 Å². The molecule has 1 atom stereocenters. The van der Waals surface area contributed by atoms with E-state index in [1.165, 1.54) is 0 Å². The van der Waals surface area contributed by atoms with Gasteiger partial charge < -0.3 is 9.63 Å². The Morgan fingerprint density at radius 3 is 3.08 bits per heavy atom. The molecule has 2 rings (SSSR count). The Bertz CT molecular complexity index is 287. The highest BCUT2D eigenvalue weighted by Crippen LogP contribution is 2.28. The molecule has 1 unspecified atom stereocenters. The first-order chi connectivity index (χ1) is 6.31. The molecule has 1 N–H and O–H groups in total. The van der Waals surface area contributed by atoms with Gasteiger partial charge in [0.25, 0.3) is 0 Å². The van der Waals surface area contributed by atoms with Crippen LogP contribution in [-0.4, -0.2) is 33.7 Å². The van der Waals surface area contributed by atoms with Gasteiger partial charge in [-0.15, -0.1) is 0 Å². The van der Waals surface area contributed by atoms with Crippen molar-refractivity contribution in [3.63, 3.8) is 0 Å². The van der Waals surface area contributed by atoms with Gasteiger partial charge in [-0.1, -0.05) is 5.16 Å². The quantitative estimate of drug-likeness (QED) is 0.715. The number of aliphatic hydroxyl groups excluding tert-OH is 1. The lowest BCUT2D eigenvalue weighted by Gasteiger charge is -2.14. The summed E-state index contributed by atoms with van der Waals surface area (Å²) in [4.78, 5) is 6.28. The fourth-order valence-corrected chi connectivity index (χ4v) is 1.69. The van der Waals surface area contributed by atoms with Gasteiger partial charge >= 0.3 is 0 Å². The maximum atomic E-state index is 8.76. The van der Waals surface area contributed by atoms with Gasteiger partial charge in [-0.25, -0.2) is 0 Å². The van der Waals surface area contributed by atoms with Crippen molar-refractivity contribution >= 4 is 0 Å². The van der Waals surface area contributed by atoms with E-state index in [0.29, 0.717) is 11.7 Å². The zero-order chi connectivity index (χ0) is 9.26. The van der Waals surface area contributed by atoms with E-state index in [0.717, 1.165) is 19.4 Å². The van der Waals surface area contributed by atoms with Gasteiger partial charge in [-0.3, -0.25) is 4.90 Å². The Kier molecular flexibility index (Phi) is 2.28. The Balaban J connectivity index is 2.15. The van der Waals surface area contributed by atoms with Crippen LogP contribution in [0.5, 0.6) is 0 Å². The summed E-state index contributed by atoms with van der Waals surface area (Å²) in [6.45, 7) is 0.918. The van der Waals surface area contributed by atoms with Crippen molar-refractivity contribution in [1.29, 1.82) is 0 Å².